The van der Waals surface area contributed by atoms with Crippen LogP contribution in [0.25, 0.3) is 0 Å². The van der Waals surface area contributed by atoms with Crippen molar-refractivity contribution in [2.75, 3.05) is 0 Å². The van der Waals surface area contributed by atoms with Crippen LogP contribution in [-0.4, -0.2) is 42.9 Å². The summed E-state index contributed by atoms with van der Waals surface area (Å²) in [5.41, 5.74) is -0.0635. The fraction of sp³-hybridized carbons (Fsp3) is 1.00. The Hall–Kier alpha value is 1.36. The van der Waals surface area contributed by atoms with Crippen LogP contribution >= 0.6 is 27.4 Å². The van der Waals surface area contributed by atoms with E-state index in [9.17, 15) is 9.67 Å². The van der Waals surface area contributed by atoms with Gasteiger partial charge in [0, 0.05) is 0 Å². The molecular weight excluding hydrogens is 296 g/mol. The zero-order chi connectivity index (χ0) is 9.84. The Morgan fingerprint density at radius 1 is 1.38 bits per heavy atom. The number of rotatable bonds is 3. The second kappa shape index (κ2) is 6.05. The van der Waals surface area contributed by atoms with Gasteiger partial charge < -0.3 is 0 Å². The number of aliphatic hydroxyl groups excluding tert-OH is 1. The zero-order valence-electron chi connectivity index (χ0n) is 6.70. The van der Waals surface area contributed by atoms with Gasteiger partial charge in [-0.05, 0) is 0 Å². The molecule has 76 valence electrons. The van der Waals surface area contributed by atoms with Gasteiger partial charge in [-0.1, -0.05) is 0 Å². The fourth-order valence-corrected chi connectivity index (χ4v) is 5.54. The van der Waals surface area contributed by atoms with Gasteiger partial charge in [-0.2, -0.15) is 0 Å². The number of hydrogen-bond acceptors (Lipinski definition) is 4. The second-order valence-corrected chi connectivity index (χ2v) is 6.43. The molecule has 0 bridgehead atoms. The Labute approximate surface area is 89.4 Å². The third kappa shape index (κ3) is 2.91. The maximum absolute atomic E-state index is 10.8. The first kappa shape index (κ1) is 12.4. The zero-order valence-corrected chi connectivity index (χ0v) is 11.6. The summed E-state index contributed by atoms with van der Waals surface area (Å²) >= 11 is 0.0585. The summed E-state index contributed by atoms with van der Waals surface area (Å²) in [7, 11) is 4.31. The molecule has 1 N–H and O–H groups in total. The van der Waals surface area contributed by atoms with E-state index in [-0.39, 0.29) is 41.3 Å². The molecule has 1 heterocycles. The molecule has 0 aromatic rings. The molecule has 0 aliphatic carbocycles. The van der Waals surface area contributed by atoms with Crippen LogP contribution in [0.4, 0.5) is 0 Å². The van der Waals surface area contributed by atoms with Crippen molar-refractivity contribution in [1.82, 2.24) is 0 Å². The third-order valence-corrected chi connectivity index (χ3v) is 6.24. The van der Waals surface area contributed by atoms with Crippen molar-refractivity contribution in [2.45, 2.75) is 28.2 Å². The number of aliphatic hydroxyl groups is 1. The van der Waals surface area contributed by atoms with Crippen LogP contribution in [0.5, 0.6) is 0 Å². The molecule has 0 saturated carbocycles. The van der Waals surface area contributed by atoms with Gasteiger partial charge in [0.05, 0.1) is 0 Å². The van der Waals surface area contributed by atoms with Gasteiger partial charge in [-0.3, -0.25) is 0 Å². The fourth-order valence-electron chi connectivity index (χ4n) is 1.17. The minimum atomic E-state index is -0.478. The van der Waals surface area contributed by atoms with E-state index in [0.29, 0.717) is 0 Å². The molecule has 4 unspecified atom stereocenters. The predicted molar refractivity (Wildman–Crippen MR) is 57.1 cm³/mol. The van der Waals surface area contributed by atoms with Crippen LogP contribution in [0.3, 0.4) is 0 Å². The van der Waals surface area contributed by atoms with Crippen LogP contribution in [0.15, 0.2) is 0 Å². The van der Waals surface area contributed by atoms with E-state index in [0.717, 1.165) is 5.32 Å². The van der Waals surface area contributed by atoms with Gasteiger partial charge >= 0.3 is 89.3 Å². The van der Waals surface area contributed by atoms with E-state index in [1.165, 1.54) is 0 Å². The first-order valence-corrected chi connectivity index (χ1v) is 7.60. The standard InChI is InChI=1S/C5H11O4P3Se/c6-5-4(9-11)3(8-10)2(12-7)1-13-5/h2-6H,1,10-11H2/t2-,3+,4?,5?/m1/s1. The average Bonchev–Trinajstić information content (AvgIpc) is 2.17. The van der Waals surface area contributed by atoms with Gasteiger partial charge in [0.15, 0.2) is 0 Å². The first-order chi connectivity index (χ1) is 6.24. The second-order valence-electron chi connectivity index (χ2n) is 2.60. The van der Waals surface area contributed by atoms with Gasteiger partial charge in [-0.25, -0.2) is 0 Å². The van der Waals surface area contributed by atoms with Crippen LogP contribution in [0.1, 0.15) is 0 Å². The molecule has 0 aromatic carbocycles. The van der Waals surface area contributed by atoms with Crippen molar-refractivity contribution in [3.05, 3.63) is 0 Å². The molecule has 1 fully saturated rings. The first-order valence-electron chi connectivity index (χ1n) is 3.57. The summed E-state index contributed by atoms with van der Waals surface area (Å²) in [6.45, 7) is 0. The van der Waals surface area contributed by atoms with Crippen LogP contribution < -0.4 is 0 Å². The van der Waals surface area contributed by atoms with E-state index < -0.39 is 5.00 Å². The molecule has 0 radical (unpaired) electrons. The van der Waals surface area contributed by atoms with Crippen molar-refractivity contribution in [2.24, 2.45) is 0 Å². The monoisotopic (exact) mass is 308 g/mol. The average molecular weight is 307 g/mol. The van der Waals surface area contributed by atoms with Crippen molar-refractivity contribution >= 4 is 42.4 Å². The Bertz CT molecular complexity index is 183. The molecule has 1 aliphatic rings. The number of hydrogen-bond donors (Lipinski definition) is 1. The molecule has 1 rings (SSSR count). The van der Waals surface area contributed by atoms with Crippen molar-refractivity contribution in [1.29, 1.82) is 0 Å². The summed E-state index contributed by atoms with van der Waals surface area (Å²) < 4.78 is 20.9. The van der Waals surface area contributed by atoms with E-state index >= 15 is 0 Å². The molecular formula is C5H11O4P3Se. The van der Waals surface area contributed by atoms with Crippen LogP contribution in [0, 0.1) is 0 Å². The molecule has 0 spiro atoms. The van der Waals surface area contributed by atoms with Gasteiger partial charge in [0.1, 0.15) is 0 Å². The molecule has 4 nitrogen and oxygen atoms in total. The SMILES string of the molecule is O=P[C@@H]1C[Se]C(O)C(OP)[C@H]1OP. The van der Waals surface area contributed by atoms with Crippen molar-refractivity contribution in [3.8, 4) is 0 Å². The maximum atomic E-state index is 10.8. The molecule has 0 amide bonds. The molecule has 6 atom stereocenters. The van der Waals surface area contributed by atoms with Crippen LogP contribution in [0.2, 0.25) is 5.32 Å². The molecule has 8 heteroatoms. The normalized spacial score (nSPS) is 40.8. The molecule has 13 heavy (non-hydrogen) atoms. The summed E-state index contributed by atoms with van der Waals surface area (Å²) in [5, 5.41) is 9.85. The van der Waals surface area contributed by atoms with Gasteiger partial charge in [0.2, 0.25) is 0 Å². The van der Waals surface area contributed by atoms with Crippen molar-refractivity contribution < 1.29 is 18.7 Å². The van der Waals surface area contributed by atoms with Crippen LogP contribution in [-0.2, 0) is 13.6 Å². The van der Waals surface area contributed by atoms with Crippen molar-refractivity contribution in [3.63, 3.8) is 0 Å². The molecule has 1 aliphatic heterocycles. The Morgan fingerprint density at radius 2 is 2.00 bits per heavy atom. The summed E-state index contributed by atoms with van der Waals surface area (Å²) in [6, 6.07) is 0. The third-order valence-electron chi connectivity index (χ3n) is 1.87. The summed E-state index contributed by atoms with van der Waals surface area (Å²) in [5.74, 6) is 0. The summed E-state index contributed by atoms with van der Waals surface area (Å²) in [6.07, 6.45) is -0.699. The van der Waals surface area contributed by atoms with E-state index in [1.54, 1.807) is 0 Å². The minimum absolute atomic E-state index is 0.0585. The molecule has 1 saturated heterocycles. The quantitative estimate of drug-likeness (QED) is 0.608. The summed E-state index contributed by atoms with van der Waals surface area (Å²) in [4.78, 5) is 0. The van der Waals surface area contributed by atoms with E-state index in [2.05, 4.69) is 18.9 Å². The van der Waals surface area contributed by atoms with E-state index in [1.807, 2.05) is 0 Å². The Balaban J connectivity index is 2.69. The Kier molecular flexibility index (Phi) is 5.79. The topological polar surface area (TPSA) is 55.8 Å². The van der Waals surface area contributed by atoms with E-state index in [4.69, 9.17) is 9.05 Å². The van der Waals surface area contributed by atoms with Gasteiger partial charge in [-0.15, -0.1) is 0 Å². The predicted octanol–water partition coefficient (Wildman–Crippen LogP) is 0.452. The Morgan fingerprint density at radius 3 is 2.46 bits per heavy atom. The molecule has 0 aromatic heterocycles. The van der Waals surface area contributed by atoms with Gasteiger partial charge in [0.25, 0.3) is 0 Å².